The van der Waals surface area contributed by atoms with Gasteiger partial charge in [-0.05, 0) is 18.8 Å². The number of nitrogen functional groups attached to an aromatic ring is 1. The van der Waals surface area contributed by atoms with Crippen molar-refractivity contribution in [1.29, 1.82) is 0 Å². The molecule has 20 heavy (non-hydrogen) atoms. The Bertz CT molecular complexity index is 472. The van der Waals surface area contributed by atoms with Gasteiger partial charge in [0.25, 0.3) is 0 Å². The zero-order chi connectivity index (χ0) is 14.5. The lowest BCUT2D eigenvalue weighted by molar-refractivity contribution is -0.119. The van der Waals surface area contributed by atoms with Crippen molar-refractivity contribution in [3.8, 4) is 5.88 Å². The first-order valence-corrected chi connectivity index (χ1v) is 6.76. The van der Waals surface area contributed by atoms with Crippen LogP contribution in [0.1, 0.15) is 19.8 Å². The summed E-state index contributed by atoms with van der Waals surface area (Å²) in [4.78, 5) is 21.3. The molecule has 110 valence electrons. The molecule has 0 spiro atoms. The maximum Gasteiger partial charge on any atom is 0.225 e. The maximum absolute atomic E-state index is 10.9. The van der Waals surface area contributed by atoms with E-state index >= 15 is 0 Å². The number of rotatable bonds is 4. The molecular formula is C13H21N5O2. The fraction of sp³-hybridized carbons (Fsp3) is 0.615. The van der Waals surface area contributed by atoms with Crippen LogP contribution in [0.5, 0.6) is 5.88 Å². The van der Waals surface area contributed by atoms with E-state index in [1.807, 2.05) is 0 Å². The van der Waals surface area contributed by atoms with E-state index in [4.69, 9.17) is 10.5 Å². The molecule has 0 radical (unpaired) electrons. The number of nitrogens with one attached hydrogen (secondary N) is 1. The normalized spacial score (nSPS) is 16.0. The Kier molecular flexibility index (Phi) is 4.60. The monoisotopic (exact) mass is 279 g/mol. The van der Waals surface area contributed by atoms with Gasteiger partial charge in [-0.2, -0.15) is 9.97 Å². The van der Waals surface area contributed by atoms with Crippen LogP contribution in [0.3, 0.4) is 0 Å². The highest BCUT2D eigenvalue weighted by atomic mass is 16.5. The lowest BCUT2D eigenvalue weighted by atomic mass is 9.97. The third kappa shape index (κ3) is 3.72. The summed E-state index contributed by atoms with van der Waals surface area (Å²) in [6.45, 7) is 4.08. The Morgan fingerprint density at radius 1 is 1.50 bits per heavy atom. The average molecular weight is 279 g/mol. The topological polar surface area (TPSA) is 93.4 Å². The SMILES string of the molecule is COc1cc(N2CCC(CNC(C)=O)CC2)nc(N)n1. The number of carbonyl (C=O) groups excluding carboxylic acids is 1. The summed E-state index contributed by atoms with van der Waals surface area (Å²) in [6.07, 6.45) is 2.04. The number of aromatic nitrogens is 2. The summed E-state index contributed by atoms with van der Waals surface area (Å²) < 4.78 is 5.11. The average Bonchev–Trinajstić information content (AvgIpc) is 2.45. The Morgan fingerprint density at radius 2 is 2.20 bits per heavy atom. The fourth-order valence-corrected chi connectivity index (χ4v) is 2.35. The summed E-state index contributed by atoms with van der Waals surface area (Å²) in [7, 11) is 1.56. The minimum atomic E-state index is 0.0285. The Balaban J connectivity index is 1.93. The molecule has 1 amide bonds. The van der Waals surface area contributed by atoms with Gasteiger partial charge in [-0.15, -0.1) is 0 Å². The second kappa shape index (κ2) is 6.40. The third-order valence-corrected chi connectivity index (χ3v) is 3.49. The molecule has 0 aromatic carbocycles. The summed E-state index contributed by atoms with van der Waals surface area (Å²) in [5.74, 6) is 2.05. The van der Waals surface area contributed by atoms with Crippen molar-refractivity contribution in [3.63, 3.8) is 0 Å². The zero-order valence-electron chi connectivity index (χ0n) is 11.9. The van der Waals surface area contributed by atoms with E-state index in [0.29, 0.717) is 11.8 Å². The van der Waals surface area contributed by atoms with Crippen molar-refractivity contribution in [3.05, 3.63) is 6.07 Å². The summed E-state index contributed by atoms with van der Waals surface area (Å²) >= 11 is 0. The number of hydrogen-bond acceptors (Lipinski definition) is 6. The third-order valence-electron chi connectivity index (χ3n) is 3.49. The van der Waals surface area contributed by atoms with Gasteiger partial charge in [0.15, 0.2) is 0 Å². The van der Waals surface area contributed by atoms with Crippen LogP contribution >= 0.6 is 0 Å². The molecule has 7 heteroatoms. The van der Waals surface area contributed by atoms with Gasteiger partial charge >= 0.3 is 0 Å². The van der Waals surface area contributed by atoms with Crippen LogP contribution in [-0.4, -0.2) is 42.6 Å². The second-order valence-corrected chi connectivity index (χ2v) is 4.99. The van der Waals surface area contributed by atoms with Crippen LogP contribution < -0.4 is 20.7 Å². The highest BCUT2D eigenvalue weighted by Crippen LogP contribution is 2.24. The molecule has 1 aromatic rings. The Morgan fingerprint density at radius 3 is 2.80 bits per heavy atom. The van der Waals surface area contributed by atoms with Gasteiger partial charge in [-0.3, -0.25) is 4.79 Å². The highest BCUT2D eigenvalue weighted by molar-refractivity contribution is 5.72. The van der Waals surface area contributed by atoms with Gasteiger partial charge in [-0.1, -0.05) is 0 Å². The summed E-state index contributed by atoms with van der Waals surface area (Å²) in [5, 5.41) is 2.87. The first kappa shape index (κ1) is 14.4. The molecular weight excluding hydrogens is 258 g/mol. The predicted molar refractivity (Wildman–Crippen MR) is 76.6 cm³/mol. The van der Waals surface area contributed by atoms with E-state index in [2.05, 4.69) is 20.2 Å². The first-order valence-electron chi connectivity index (χ1n) is 6.76. The van der Waals surface area contributed by atoms with Crippen LogP contribution in [0, 0.1) is 5.92 Å². The van der Waals surface area contributed by atoms with Crippen molar-refractivity contribution >= 4 is 17.7 Å². The minimum Gasteiger partial charge on any atom is -0.481 e. The van der Waals surface area contributed by atoms with Crippen molar-refractivity contribution in [1.82, 2.24) is 15.3 Å². The van der Waals surface area contributed by atoms with E-state index < -0.39 is 0 Å². The molecule has 1 saturated heterocycles. The van der Waals surface area contributed by atoms with E-state index in [1.165, 1.54) is 0 Å². The number of nitrogens with two attached hydrogens (primary N) is 1. The van der Waals surface area contributed by atoms with E-state index in [-0.39, 0.29) is 11.9 Å². The number of hydrogen-bond donors (Lipinski definition) is 2. The number of amides is 1. The van der Waals surface area contributed by atoms with Gasteiger partial charge in [0.05, 0.1) is 7.11 Å². The zero-order valence-corrected chi connectivity index (χ0v) is 11.9. The number of methoxy groups -OCH3 is 1. The quantitative estimate of drug-likeness (QED) is 0.829. The second-order valence-electron chi connectivity index (χ2n) is 4.99. The van der Waals surface area contributed by atoms with E-state index in [1.54, 1.807) is 20.1 Å². The molecule has 0 bridgehead atoms. The smallest absolute Gasteiger partial charge is 0.225 e. The molecule has 1 fully saturated rings. The number of ether oxygens (including phenoxy) is 1. The summed E-state index contributed by atoms with van der Waals surface area (Å²) in [6, 6.07) is 1.80. The Labute approximate surface area is 118 Å². The maximum atomic E-state index is 10.9. The predicted octanol–water partition coefficient (Wildman–Crippen LogP) is 0.420. The number of piperidine rings is 1. The van der Waals surface area contributed by atoms with Crippen LogP contribution in [0.4, 0.5) is 11.8 Å². The lowest BCUT2D eigenvalue weighted by Crippen LogP contribution is -2.38. The van der Waals surface area contributed by atoms with Gasteiger partial charge < -0.3 is 20.7 Å². The molecule has 0 saturated carbocycles. The van der Waals surface area contributed by atoms with Gasteiger partial charge in [0.1, 0.15) is 5.82 Å². The lowest BCUT2D eigenvalue weighted by Gasteiger charge is -2.32. The number of nitrogens with zero attached hydrogens (tertiary/aromatic N) is 3. The van der Waals surface area contributed by atoms with Crippen molar-refractivity contribution in [2.45, 2.75) is 19.8 Å². The molecule has 1 aromatic heterocycles. The minimum absolute atomic E-state index is 0.0285. The molecule has 2 heterocycles. The van der Waals surface area contributed by atoms with Gasteiger partial charge in [0.2, 0.25) is 17.7 Å². The molecule has 0 atom stereocenters. The van der Waals surface area contributed by atoms with Gasteiger partial charge in [-0.25, -0.2) is 0 Å². The number of anilines is 2. The Hall–Kier alpha value is -2.05. The van der Waals surface area contributed by atoms with Crippen LogP contribution in [0.2, 0.25) is 0 Å². The van der Waals surface area contributed by atoms with Crippen molar-refractivity contribution < 1.29 is 9.53 Å². The van der Waals surface area contributed by atoms with Gasteiger partial charge in [0, 0.05) is 32.6 Å². The van der Waals surface area contributed by atoms with Crippen LogP contribution in [0.15, 0.2) is 6.07 Å². The summed E-state index contributed by atoms with van der Waals surface area (Å²) in [5.41, 5.74) is 5.67. The highest BCUT2D eigenvalue weighted by Gasteiger charge is 2.21. The standard InChI is InChI=1S/C13H21N5O2/c1-9(19)15-8-10-3-5-18(6-4-10)11-7-12(20-2)17-13(14)16-11/h7,10H,3-6,8H2,1-2H3,(H,15,19)(H2,14,16,17). The van der Waals surface area contributed by atoms with Crippen LogP contribution in [-0.2, 0) is 4.79 Å². The molecule has 0 aliphatic carbocycles. The first-order chi connectivity index (χ1) is 9.58. The van der Waals surface area contributed by atoms with E-state index in [9.17, 15) is 4.79 Å². The molecule has 2 rings (SSSR count). The molecule has 0 unspecified atom stereocenters. The molecule has 3 N–H and O–H groups in total. The van der Waals surface area contributed by atoms with Crippen molar-refractivity contribution in [2.24, 2.45) is 5.92 Å². The van der Waals surface area contributed by atoms with Crippen LogP contribution in [0.25, 0.3) is 0 Å². The fourth-order valence-electron chi connectivity index (χ4n) is 2.35. The molecule has 1 aliphatic rings. The number of carbonyl (C=O) groups is 1. The van der Waals surface area contributed by atoms with Crippen molar-refractivity contribution in [2.75, 3.05) is 37.4 Å². The largest absolute Gasteiger partial charge is 0.481 e. The molecule has 7 nitrogen and oxygen atoms in total. The van der Waals surface area contributed by atoms with E-state index in [0.717, 1.165) is 38.3 Å². The molecule has 1 aliphatic heterocycles.